The van der Waals surface area contributed by atoms with Gasteiger partial charge in [-0.1, -0.05) is 78.9 Å². The van der Waals surface area contributed by atoms with Gasteiger partial charge in [0.05, 0.1) is 24.5 Å². The van der Waals surface area contributed by atoms with Crippen molar-refractivity contribution in [1.82, 2.24) is 9.78 Å². The highest BCUT2D eigenvalue weighted by Crippen LogP contribution is 2.52. The second kappa shape index (κ2) is 7.24. The van der Waals surface area contributed by atoms with Crippen LogP contribution in [0.25, 0.3) is 27.7 Å². The van der Waals surface area contributed by atoms with Gasteiger partial charge >= 0.3 is 0 Å². The predicted molar refractivity (Wildman–Crippen MR) is 129 cm³/mol. The molecular weight excluding hydrogens is 408 g/mol. The quantitative estimate of drug-likeness (QED) is 0.333. The fourth-order valence-corrected chi connectivity index (χ4v) is 5.35. The fraction of sp³-hybridized carbons (Fsp3) is 0.138. The van der Waals surface area contributed by atoms with Crippen LogP contribution in [0.2, 0.25) is 0 Å². The molecular formula is C29H22N2O2. The van der Waals surface area contributed by atoms with Crippen molar-refractivity contribution in [3.8, 4) is 28.6 Å². The predicted octanol–water partition coefficient (Wildman–Crippen LogP) is 6.23. The lowest BCUT2D eigenvalue weighted by atomic mass is 9.75. The van der Waals surface area contributed by atoms with Crippen molar-refractivity contribution < 1.29 is 9.47 Å². The maximum atomic E-state index is 6.43. The zero-order valence-electron chi connectivity index (χ0n) is 18.0. The van der Waals surface area contributed by atoms with E-state index in [2.05, 4.69) is 72.8 Å². The van der Waals surface area contributed by atoms with E-state index in [0.29, 0.717) is 13.2 Å². The van der Waals surface area contributed by atoms with Crippen LogP contribution in [0.15, 0.2) is 97.1 Å². The second-order valence-electron chi connectivity index (χ2n) is 8.74. The molecule has 0 saturated carbocycles. The summed E-state index contributed by atoms with van der Waals surface area (Å²) in [6, 6.07) is 33.5. The smallest absolute Gasteiger partial charge is 0.221 e. The van der Waals surface area contributed by atoms with Gasteiger partial charge in [0.25, 0.3) is 0 Å². The monoisotopic (exact) mass is 430 g/mol. The summed E-state index contributed by atoms with van der Waals surface area (Å²) in [5.41, 5.74) is 5.48. The molecule has 4 nitrogen and oxygen atoms in total. The molecule has 160 valence electrons. The van der Waals surface area contributed by atoms with Crippen LogP contribution in [0.4, 0.5) is 0 Å². The maximum Gasteiger partial charge on any atom is 0.221 e. The average molecular weight is 431 g/mol. The highest BCUT2D eigenvalue weighted by atomic mass is 16.5. The molecule has 2 atom stereocenters. The van der Waals surface area contributed by atoms with Gasteiger partial charge in [-0.2, -0.15) is 5.10 Å². The highest BCUT2D eigenvalue weighted by Gasteiger charge is 2.43. The van der Waals surface area contributed by atoms with E-state index in [1.165, 1.54) is 16.3 Å². The average Bonchev–Trinajstić information content (AvgIpc) is 3.29. The summed E-state index contributed by atoms with van der Waals surface area (Å²) in [6.45, 7) is 1.24. The van der Waals surface area contributed by atoms with Crippen molar-refractivity contribution in [2.24, 2.45) is 5.92 Å². The molecule has 3 heterocycles. The first-order valence-electron chi connectivity index (χ1n) is 11.4. The Labute approximate surface area is 192 Å². The molecule has 0 bridgehead atoms. The summed E-state index contributed by atoms with van der Waals surface area (Å²) in [7, 11) is 0. The van der Waals surface area contributed by atoms with Crippen LogP contribution in [0.1, 0.15) is 17.0 Å². The third-order valence-corrected chi connectivity index (χ3v) is 6.84. The number of hydrogen-bond acceptors (Lipinski definition) is 3. The number of hydrogen-bond donors (Lipinski definition) is 0. The summed E-state index contributed by atoms with van der Waals surface area (Å²) in [6.07, 6.45) is 0. The molecule has 33 heavy (non-hydrogen) atoms. The van der Waals surface area contributed by atoms with Gasteiger partial charge < -0.3 is 9.47 Å². The van der Waals surface area contributed by atoms with E-state index in [4.69, 9.17) is 14.6 Å². The number of para-hydroxylation sites is 1. The lowest BCUT2D eigenvalue weighted by molar-refractivity contribution is 0.122. The van der Waals surface area contributed by atoms with Crippen LogP contribution in [0.3, 0.4) is 0 Å². The Kier molecular flexibility index (Phi) is 4.06. The van der Waals surface area contributed by atoms with Gasteiger partial charge in [0.15, 0.2) is 0 Å². The minimum absolute atomic E-state index is 0.149. The van der Waals surface area contributed by atoms with E-state index in [1.54, 1.807) is 0 Å². The van der Waals surface area contributed by atoms with Gasteiger partial charge in [0.1, 0.15) is 11.4 Å². The van der Waals surface area contributed by atoms with E-state index in [1.807, 2.05) is 28.9 Å². The Balaban J connectivity index is 1.55. The van der Waals surface area contributed by atoms with E-state index in [0.717, 1.165) is 34.1 Å². The zero-order chi connectivity index (χ0) is 21.8. The number of benzene rings is 4. The minimum atomic E-state index is 0.149. The van der Waals surface area contributed by atoms with Crippen LogP contribution in [0.5, 0.6) is 11.6 Å². The van der Waals surface area contributed by atoms with Crippen LogP contribution in [-0.2, 0) is 0 Å². The molecule has 5 aromatic rings. The summed E-state index contributed by atoms with van der Waals surface area (Å²) < 4.78 is 14.6. The molecule has 0 unspecified atom stereocenters. The Morgan fingerprint density at radius 2 is 1.42 bits per heavy atom. The molecule has 0 saturated heterocycles. The lowest BCUT2D eigenvalue weighted by Crippen LogP contribution is -2.35. The van der Waals surface area contributed by atoms with E-state index >= 15 is 0 Å². The summed E-state index contributed by atoms with van der Waals surface area (Å²) in [5, 5.41) is 7.59. The molecule has 0 amide bonds. The molecule has 1 aromatic heterocycles. The van der Waals surface area contributed by atoms with Crippen molar-refractivity contribution in [1.29, 1.82) is 0 Å². The van der Waals surface area contributed by atoms with Crippen molar-refractivity contribution in [2.75, 3.05) is 13.2 Å². The van der Waals surface area contributed by atoms with Crippen molar-refractivity contribution in [3.63, 3.8) is 0 Å². The van der Waals surface area contributed by atoms with Gasteiger partial charge in [0.2, 0.25) is 5.88 Å². The third kappa shape index (κ3) is 2.80. The van der Waals surface area contributed by atoms with Crippen LogP contribution in [-0.4, -0.2) is 23.0 Å². The topological polar surface area (TPSA) is 36.3 Å². The van der Waals surface area contributed by atoms with Gasteiger partial charge in [-0.05, 0) is 29.0 Å². The lowest BCUT2D eigenvalue weighted by Gasteiger charge is -2.38. The van der Waals surface area contributed by atoms with Gasteiger partial charge in [-0.3, -0.25) is 0 Å². The second-order valence-corrected chi connectivity index (χ2v) is 8.74. The molecule has 0 spiro atoms. The standard InChI is InChI=1S/C29H22N2O2/c1-3-10-20(11-4-1)28-27-25-21(18-33-29(27)31(30-28)22-12-5-2-6-13-22)17-32-24-16-15-19-9-7-8-14-23(19)26(24)25/h1-16,21,25H,17-18H2/t21-,25-/m1/s1. The molecule has 0 aliphatic carbocycles. The third-order valence-electron chi connectivity index (χ3n) is 6.84. The Morgan fingerprint density at radius 3 is 2.27 bits per heavy atom. The van der Waals surface area contributed by atoms with Crippen molar-refractivity contribution >= 4 is 10.8 Å². The molecule has 0 radical (unpaired) electrons. The highest BCUT2D eigenvalue weighted by molar-refractivity contribution is 5.90. The van der Waals surface area contributed by atoms with Crippen LogP contribution >= 0.6 is 0 Å². The fourth-order valence-electron chi connectivity index (χ4n) is 5.35. The molecule has 4 aromatic carbocycles. The molecule has 2 aliphatic rings. The maximum absolute atomic E-state index is 6.43. The van der Waals surface area contributed by atoms with Gasteiger partial charge in [-0.25, -0.2) is 4.68 Å². The van der Waals surface area contributed by atoms with E-state index < -0.39 is 0 Å². The van der Waals surface area contributed by atoms with Crippen molar-refractivity contribution in [2.45, 2.75) is 5.92 Å². The first-order valence-corrected chi connectivity index (χ1v) is 11.4. The van der Waals surface area contributed by atoms with E-state index in [-0.39, 0.29) is 11.8 Å². The van der Waals surface area contributed by atoms with Crippen molar-refractivity contribution in [3.05, 3.63) is 108 Å². The van der Waals surface area contributed by atoms with Gasteiger partial charge in [-0.15, -0.1) is 0 Å². The number of rotatable bonds is 2. The Morgan fingerprint density at radius 1 is 0.697 bits per heavy atom. The van der Waals surface area contributed by atoms with Gasteiger partial charge in [0, 0.05) is 23.0 Å². The first kappa shape index (κ1) is 18.5. The molecule has 0 fully saturated rings. The minimum Gasteiger partial charge on any atom is -0.493 e. The molecule has 4 heteroatoms. The zero-order valence-corrected chi connectivity index (χ0v) is 18.0. The SMILES string of the molecule is c1ccc(-c2nn(-c3ccccc3)c3c2[C@H]2c4c(ccc5ccccc45)OC[C@@H]2CO3)cc1. The first-order chi connectivity index (χ1) is 16.4. The van der Waals surface area contributed by atoms with E-state index in [9.17, 15) is 0 Å². The number of fused-ring (bicyclic) bond motifs is 7. The normalized spacial score (nSPS) is 18.5. The number of ether oxygens (including phenoxy) is 2. The Hall–Kier alpha value is -4.05. The largest absolute Gasteiger partial charge is 0.493 e. The Bertz CT molecular complexity index is 1470. The molecule has 7 rings (SSSR count). The number of nitrogens with zero attached hydrogens (tertiary/aromatic N) is 2. The molecule has 0 N–H and O–H groups in total. The summed E-state index contributed by atoms with van der Waals surface area (Å²) in [5.74, 6) is 2.18. The number of aromatic nitrogens is 2. The van der Waals surface area contributed by atoms with Crippen LogP contribution < -0.4 is 9.47 Å². The summed E-state index contributed by atoms with van der Waals surface area (Å²) in [4.78, 5) is 0. The summed E-state index contributed by atoms with van der Waals surface area (Å²) >= 11 is 0. The molecule has 2 aliphatic heterocycles. The van der Waals surface area contributed by atoms with Crippen LogP contribution in [0, 0.1) is 5.92 Å².